The topological polar surface area (TPSA) is 55.1 Å². The Morgan fingerprint density at radius 2 is 2.18 bits per heavy atom. The van der Waals surface area contributed by atoms with Crippen molar-refractivity contribution in [3.8, 4) is 0 Å². The van der Waals surface area contributed by atoms with E-state index in [1.807, 2.05) is 0 Å². The molecule has 2 aromatic rings. The van der Waals surface area contributed by atoms with Crippen LogP contribution in [-0.4, -0.2) is 31.8 Å². The van der Waals surface area contributed by atoms with Crippen LogP contribution in [0.2, 0.25) is 5.15 Å². The first-order chi connectivity index (χ1) is 7.88. The Balaban J connectivity index is 2.38. The van der Waals surface area contributed by atoms with Gasteiger partial charge in [0.15, 0.2) is 0 Å². The van der Waals surface area contributed by atoms with Crippen LogP contribution in [0.3, 0.4) is 0 Å². The number of nitrogens with zero attached hydrogens (tertiary/aromatic N) is 4. The molecule has 0 bridgehead atoms. The molecule has 0 fully saturated rings. The van der Waals surface area contributed by atoms with Crippen molar-refractivity contribution >= 4 is 23.2 Å². The minimum Gasteiger partial charge on any atom is -0.359 e. The highest BCUT2D eigenvalue weighted by atomic mass is 35.5. The van der Waals surface area contributed by atoms with E-state index in [0.29, 0.717) is 0 Å². The van der Waals surface area contributed by atoms with E-state index >= 15 is 0 Å². The SMILES string of the molecule is C[C@@H](Nc1cc(Cl)nc2ncnn12)C(F)(F)F. The second-order valence-electron chi connectivity index (χ2n) is 3.34. The van der Waals surface area contributed by atoms with Gasteiger partial charge in [0.25, 0.3) is 5.78 Å². The number of aromatic nitrogens is 4. The normalized spacial score (nSPS) is 13.9. The number of alkyl halides is 3. The molecule has 0 unspecified atom stereocenters. The van der Waals surface area contributed by atoms with Crippen molar-refractivity contribution in [3.63, 3.8) is 0 Å². The Labute approximate surface area is 98.6 Å². The van der Waals surface area contributed by atoms with Crippen molar-refractivity contribution in [3.05, 3.63) is 17.5 Å². The molecule has 5 nitrogen and oxygen atoms in total. The lowest BCUT2D eigenvalue weighted by Gasteiger charge is -2.18. The third kappa shape index (κ3) is 2.41. The molecule has 0 saturated carbocycles. The number of anilines is 1. The molecule has 0 aliphatic carbocycles. The molecule has 0 amide bonds. The summed E-state index contributed by atoms with van der Waals surface area (Å²) in [5.74, 6) is 0.219. The quantitative estimate of drug-likeness (QED) is 0.846. The van der Waals surface area contributed by atoms with Crippen LogP contribution >= 0.6 is 11.6 Å². The molecule has 0 aliphatic rings. The molecule has 9 heteroatoms. The molecular formula is C8H7ClF3N5. The van der Waals surface area contributed by atoms with E-state index in [-0.39, 0.29) is 16.7 Å². The first-order valence-electron chi connectivity index (χ1n) is 4.57. The van der Waals surface area contributed by atoms with Crippen LogP contribution in [0.15, 0.2) is 12.4 Å². The fourth-order valence-corrected chi connectivity index (χ4v) is 1.37. The van der Waals surface area contributed by atoms with Gasteiger partial charge in [0.2, 0.25) is 0 Å². The lowest BCUT2D eigenvalue weighted by molar-refractivity contribution is -0.138. The molecule has 0 spiro atoms. The average molecular weight is 266 g/mol. The summed E-state index contributed by atoms with van der Waals surface area (Å²) in [5.41, 5.74) is 0. The molecule has 1 N–H and O–H groups in total. The van der Waals surface area contributed by atoms with Crippen LogP contribution in [0.25, 0.3) is 5.78 Å². The summed E-state index contributed by atoms with van der Waals surface area (Å²) in [4.78, 5) is 7.54. The third-order valence-corrected chi connectivity index (χ3v) is 2.27. The zero-order chi connectivity index (χ0) is 12.6. The number of hydrogen-bond donors (Lipinski definition) is 1. The monoisotopic (exact) mass is 265 g/mol. The van der Waals surface area contributed by atoms with Gasteiger partial charge in [-0.25, -0.2) is 0 Å². The molecule has 0 saturated heterocycles. The van der Waals surface area contributed by atoms with Crippen molar-refractivity contribution in [1.29, 1.82) is 0 Å². The smallest absolute Gasteiger partial charge is 0.359 e. The summed E-state index contributed by atoms with van der Waals surface area (Å²) < 4.78 is 38.4. The lowest BCUT2D eigenvalue weighted by atomic mass is 10.3. The summed E-state index contributed by atoms with van der Waals surface area (Å²) in [6.45, 7) is 0.997. The molecule has 2 aromatic heterocycles. The second-order valence-corrected chi connectivity index (χ2v) is 3.73. The summed E-state index contributed by atoms with van der Waals surface area (Å²) >= 11 is 5.66. The van der Waals surface area contributed by atoms with Crippen LogP contribution in [0, 0.1) is 0 Å². The van der Waals surface area contributed by atoms with E-state index in [4.69, 9.17) is 11.6 Å². The predicted octanol–water partition coefficient (Wildman–Crippen LogP) is 2.14. The zero-order valence-electron chi connectivity index (χ0n) is 8.53. The summed E-state index contributed by atoms with van der Waals surface area (Å²) in [7, 11) is 0. The maximum Gasteiger partial charge on any atom is 0.408 e. The van der Waals surface area contributed by atoms with Gasteiger partial charge < -0.3 is 5.32 Å². The lowest BCUT2D eigenvalue weighted by Crippen LogP contribution is -2.33. The molecule has 17 heavy (non-hydrogen) atoms. The molecule has 92 valence electrons. The van der Waals surface area contributed by atoms with Gasteiger partial charge in [-0.2, -0.15) is 32.8 Å². The number of halogens is 4. The van der Waals surface area contributed by atoms with Gasteiger partial charge in [-0.3, -0.25) is 0 Å². The second kappa shape index (κ2) is 4.02. The van der Waals surface area contributed by atoms with E-state index in [1.54, 1.807) is 0 Å². The van der Waals surface area contributed by atoms with Crippen molar-refractivity contribution in [1.82, 2.24) is 19.6 Å². The average Bonchev–Trinajstić information content (AvgIpc) is 2.63. The minimum atomic E-state index is -4.36. The Morgan fingerprint density at radius 3 is 2.82 bits per heavy atom. The van der Waals surface area contributed by atoms with E-state index in [2.05, 4.69) is 20.4 Å². The molecule has 2 heterocycles. The van der Waals surface area contributed by atoms with Gasteiger partial charge in [-0.05, 0) is 6.92 Å². The molecular weight excluding hydrogens is 259 g/mol. The van der Waals surface area contributed by atoms with Crippen molar-refractivity contribution in [2.75, 3.05) is 5.32 Å². The van der Waals surface area contributed by atoms with E-state index in [0.717, 1.165) is 11.4 Å². The molecule has 0 aromatic carbocycles. The Kier molecular flexibility index (Phi) is 2.82. The highest BCUT2D eigenvalue weighted by Gasteiger charge is 2.36. The van der Waals surface area contributed by atoms with Crippen LogP contribution in [0.1, 0.15) is 6.92 Å². The van der Waals surface area contributed by atoms with Gasteiger partial charge in [0.1, 0.15) is 23.3 Å². The van der Waals surface area contributed by atoms with Crippen molar-refractivity contribution < 1.29 is 13.2 Å². The number of nitrogens with one attached hydrogen (secondary N) is 1. The Hall–Kier alpha value is -1.57. The minimum absolute atomic E-state index is 0.0439. The largest absolute Gasteiger partial charge is 0.408 e. The van der Waals surface area contributed by atoms with E-state index in [9.17, 15) is 13.2 Å². The molecule has 2 rings (SSSR count). The van der Waals surface area contributed by atoms with Gasteiger partial charge in [-0.15, -0.1) is 0 Å². The van der Waals surface area contributed by atoms with E-state index < -0.39 is 12.2 Å². The first-order valence-corrected chi connectivity index (χ1v) is 4.95. The van der Waals surface area contributed by atoms with Gasteiger partial charge in [-0.1, -0.05) is 11.6 Å². The summed E-state index contributed by atoms with van der Waals surface area (Å²) in [6.07, 6.45) is -3.18. The maximum absolute atomic E-state index is 12.4. The van der Waals surface area contributed by atoms with Crippen LogP contribution in [0.5, 0.6) is 0 Å². The van der Waals surface area contributed by atoms with Crippen molar-refractivity contribution in [2.24, 2.45) is 0 Å². The fourth-order valence-electron chi connectivity index (χ4n) is 1.19. The maximum atomic E-state index is 12.4. The standard InChI is InChI=1S/C8H7ClF3N5/c1-4(8(10,11)12)15-6-2-5(9)16-7-13-3-14-17(6)7/h2-4,15H,1H3/t4-/m1/s1. The summed E-state index contributed by atoms with van der Waals surface area (Å²) in [5, 5.41) is 6.06. The van der Waals surface area contributed by atoms with Crippen LogP contribution in [-0.2, 0) is 0 Å². The Bertz CT molecular complexity index is 537. The van der Waals surface area contributed by atoms with Gasteiger partial charge in [0, 0.05) is 6.07 Å². The Morgan fingerprint density at radius 1 is 1.47 bits per heavy atom. The molecule has 0 aliphatic heterocycles. The highest BCUT2D eigenvalue weighted by Crippen LogP contribution is 2.24. The first kappa shape index (κ1) is 11.9. The predicted molar refractivity (Wildman–Crippen MR) is 54.9 cm³/mol. The summed E-state index contributed by atoms with van der Waals surface area (Å²) in [6, 6.07) is -0.473. The van der Waals surface area contributed by atoms with E-state index in [1.165, 1.54) is 12.4 Å². The fraction of sp³-hybridized carbons (Fsp3) is 0.375. The van der Waals surface area contributed by atoms with Crippen LogP contribution in [0.4, 0.5) is 19.0 Å². The zero-order valence-corrected chi connectivity index (χ0v) is 9.29. The molecule has 0 radical (unpaired) electrons. The highest BCUT2D eigenvalue weighted by molar-refractivity contribution is 6.29. The van der Waals surface area contributed by atoms with Gasteiger partial charge >= 0.3 is 6.18 Å². The molecule has 1 atom stereocenters. The number of rotatable bonds is 2. The number of hydrogen-bond acceptors (Lipinski definition) is 4. The third-order valence-electron chi connectivity index (χ3n) is 2.08. The van der Waals surface area contributed by atoms with Crippen LogP contribution < -0.4 is 5.32 Å². The number of fused-ring (bicyclic) bond motifs is 1. The van der Waals surface area contributed by atoms with Crippen molar-refractivity contribution in [2.45, 2.75) is 19.1 Å². The van der Waals surface area contributed by atoms with Gasteiger partial charge in [0.05, 0.1) is 0 Å².